The summed E-state index contributed by atoms with van der Waals surface area (Å²) in [6.07, 6.45) is 2.58. The number of hydrogen-bond acceptors (Lipinski definition) is 5. The molecule has 1 amide bonds. The van der Waals surface area contributed by atoms with E-state index < -0.39 is 0 Å². The van der Waals surface area contributed by atoms with Crippen LogP contribution in [0.1, 0.15) is 30.4 Å². The Balaban J connectivity index is 1.51. The zero-order valence-electron chi connectivity index (χ0n) is 15.8. The van der Waals surface area contributed by atoms with Gasteiger partial charge in [-0.1, -0.05) is 0 Å². The molecule has 1 spiro atoms. The van der Waals surface area contributed by atoms with Crippen molar-refractivity contribution in [1.29, 1.82) is 0 Å². The first kappa shape index (κ1) is 17.6. The number of piperazine rings is 1. The molecule has 142 valence electrons. The molecule has 3 aliphatic heterocycles. The fourth-order valence-corrected chi connectivity index (χ4v) is 4.46. The third kappa shape index (κ3) is 3.40. The third-order valence-corrected chi connectivity index (χ3v) is 6.20. The Labute approximate surface area is 155 Å². The number of carbonyl (C=O) groups excluding carboxylic acids is 1. The van der Waals surface area contributed by atoms with Crippen molar-refractivity contribution in [2.45, 2.75) is 38.3 Å². The SMILES string of the molecule is Cc1cc2c(cc1CN1CCN(C)C3(CCNC(=O)CC3)C1)OCCO2. The minimum Gasteiger partial charge on any atom is -0.486 e. The van der Waals surface area contributed by atoms with Gasteiger partial charge in [-0.25, -0.2) is 0 Å². The molecule has 26 heavy (non-hydrogen) atoms. The fourth-order valence-electron chi connectivity index (χ4n) is 4.46. The standard InChI is InChI=1S/C20H29N3O3/c1-15-11-17-18(26-10-9-25-17)12-16(15)13-23-8-7-22(2)20(14-23)4-3-19(24)21-6-5-20/h11-12H,3-10,13-14H2,1-2H3,(H,21,24). The Kier molecular flexibility index (Phi) is 4.80. The highest BCUT2D eigenvalue weighted by Crippen LogP contribution is 2.35. The van der Waals surface area contributed by atoms with E-state index in [0.717, 1.165) is 57.1 Å². The van der Waals surface area contributed by atoms with Gasteiger partial charge in [0.05, 0.1) is 0 Å². The van der Waals surface area contributed by atoms with Crippen molar-refractivity contribution in [3.63, 3.8) is 0 Å². The number of nitrogens with one attached hydrogen (secondary N) is 1. The van der Waals surface area contributed by atoms with Gasteiger partial charge in [0, 0.05) is 44.7 Å². The summed E-state index contributed by atoms with van der Waals surface area (Å²) in [5.74, 6) is 1.92. The maximum Gasteiger partial charge on any atom is 0.220 e. The second-order valence-electron chi connectivity index (χ2n) is 7.88. The number of aryl methyl sites for hydroxylation is 1. The predicted octanol–water partition coefficient (Wildman–Crippen LogP) is 1.55. The smallest absolute Gasteiger partial charge is 0.220 e. The molecule has 0 aliphatic carbocycles. The summed E-state index contributed by atoms with van der Waals surface area (Å²) in [4.78, 5) is 16.8. The predicted molar refractivity (Wildman–Crippen MR) is 99.7 cm³/mol. The molecule has 1 N–H and O–H groups in total. The molecule has 6 heteroatoms. The van der Waals surface area contributed by atoms with Crippen LogP contribution in [-0.2, 0) is 11.3 Å². The van der Waals surface area contributed by atoms with Crippen molar-refractivity contribution in [2.75, 3.05) is 46.4 Å². The highest BCUT2D eigenvalue weighted by atomic mass is 16.6. The summed E-state index contributed by atoms with van der Waals surface area (Å²) >= 11 is 0. The van der Waals surface area contributed by atoms with Crippen LogP contribution in [0.5, 0.6) is 11.5 Å². The molecule has 2 saturated heterocycles. The monoisotopic (exact) mass is 359 g/mol. The van der Waals surface area contributed by atoms with Gasteiger partial charge in [0.15, 0.2) is 11.5 Å². The molecule has 1 atom stereocenters. The summed E-state index contributed by atoms with van der Waals surface area (Å²) in [5, 5.41) is 3.03. The topological polar surface area (TPSA) is 54.0 Å². The highest BCUT2D eigenvalue weighted by molar-refractivity contribution is 5.76. The van der Waals surface area contributed by atoms with E-state index >= 15 is 0 Å². The highest BCUT2D eigenvalue weighted by Gasteiger charge is 2.40. The largest absolute Gasteiger partial charge is 0.486 e. The fraction of sp³-hybridized carbons (Fsp3) is 0.650. The van der Waals surface area contributed by atoms with Gasteiger partial charge in [0.2, 0.25) is 5.91 Å². The lowest BCUT2D eigenvalue weighted by atomic mass is 9.86. The molecule has 1 aromatic rings. The van der Waals surface area contributed by atoms with Crippen molar-refractivity contribution in [2.24, 2.45) is 0 Å². The number of amides is 1. The Morgan fingerprint density at radius 3 is 2.73 bits per heavy atom. The third-order valence-electron chi connectivity index (χ3n) is 6.20. The number of ether oxygens (including phenoxy) is 2. The molecular weight excluding hydrogens is 330 g/mol. The van der Waals surface area contributed by atoms with Crippen molar-refractivity contribution in [3.05, 3.63) is 23.3 Å². The van der Waals surface area contributed by atoms with Crippen molar-refractivity contribution < 1.29 is 14.3 Å². The number of carbonyl (C=O) groups is 1. The van der Waals surface area contributed by atoms with Crippen molar-refractivity contribution in [1.82, 2.24) is 15.1 Å². The molecule has 4 rings (SSSR count). The minimum atomic E-state index is 0.0964. The number of hydrogen-bond donors (Lipinski definition) is 1. The summed E-state index contributed by atoms with van der Waals surface area (Å²) in [6, 6.07) is 4.25. The number of likely N-dealkylation sites (N-methyl/N-ethyl adjacent to an activating group) is 1. The first-order chi connectivity index (χ1) is 12.6. The lowest BCUT2D eigenvalue weighted by Crippen LogP contribution is -2.60. The summed E-state index contributed by atoms with van der Waals surface area (Å²) < 4.78 is 11.5. The molecule has 1 aromatic carbocycles. The molecule has 1 unspecified atom stereocenters. The van der Waals surface area contributed by atoms with Crippen LogP contribution >= 0.6 is 0 Å². The number of rotatable bonds is 2. The quantitative estimate of drug-likeness (QED) is 0.868. The first-order valence-electron chi connectivity index (χ1n) is 9.65. The van der Waals surface area contributed by atoms with E-state index in [9.17, 15) is 4.79 Å². The average molecular weight is 359 g/mol. The van der Waals surface area contributed by atoms with Gasteiger partial charge in [0.25, 0.3) is 0 Å². The molecule has 3 heterocycles. The molecule has 0 radical (unpaired) electrons. The van der Waals surface area contributed by atoms with Gasteiger partial charge in [-0.2, -0.15) is 0 Å². The van der Waals surface area contributed by atoms with Crippen LogP contribution in [0.3, 0.4) is 0 Å². The van der Waals surface area contributed by atoms with Crippen LogP contribution in [0.25, 0.3) is 0 Å². The zero-order chi connectivity index (χ0) is 18.1. The van der Waals surface area contributed by atoms with Crippen LogP contribution < -0.4 is 14.8 Å². The van der Waals surface area contributed by atoms with Crippen LogP contribution in [-0.4, -0.2) is 67.7 Å². The van der Waals surface area contributed by atoms with Crippen LogP contribution in [0, 0.1) is 6.92 Å². The summed E-state index contributed by atoms with van der Waals surface area (Å²) in [5.41, 5.74) is 2.65. The maximum atomic E-state index is 11.8. The Bertz CT molecular complexity index is 693. The van der Waals surface area contributed by atoms with E-state index in [1.165, 1.54) is 11.1 Å². The summed E-state index contributed by atoms with van der Waals surface area (Å²) in [7, 11) is 2.21. The van der Waals surface area contributed by atoms with Crippen LogP contribution in [0.2, 0.25) is 0 Å². The molecule has 2 fully saturated rings. The number of nitrogens with zero attached hydrogens (tertiary/aromatic N) is 2. The van der Waals surface area contributed by atoms with E-state index in [4.69, 9.17) is 9.47 Å². The molecule has 3 aliphatic rings. The van der Waals surface area contributed by atoms with E-state index in [0.29, 0.717) is 19.6 Å². The number of fused-ring (bicyclic) bond motifs is 1. The van der Waals surface area contributed by atoms with E-state index in [1.54, 1.807) is 0 Å². The van der Waals surface area contributed by atoms with Crippen molar-refractivity contribution in [3.8, 4) is 11.5 Å². The van der Waals surface area contributed by atoms with E-state index in [-0.39, 0.29) is 11.4 Å². The Hall–Kier alpha value is -1.79. The van der Waals surface area contributed by atoms with Crippen LogP contribution in [0.4, 0.5) is 0 Å². The zero-order valence-corrected chi connectivity index (χ0v) is 15.8. The maximum absolute atomic E-state index is 11.8. The first-order valence-corrected chi connectivity index (χ1v) is 9.65. The van der Waals surface area contributed by atoms with Crippen LogP contribution in [0.15, 0.2) is 12.1 Å². The minimum absolute atomic E-state index is 0.0964. The Morgan fingerprint density at radius 2 is 1.92 bits per heavy atom. The van der Waals surface area contributed by atoms with E-state index in [2.05, 4.69) is 41.2 Å². The lowest BCUT2D eigenvalue weighted by molar-refractivity contribution is -0.121. The van der Waals surface area contributed by atoms with Gasteiger partial charge < -0.3 is 14.8 Å². The van der Waals surface area contributed by atoms with Crippen molar-refractivity contribution >= 4 is 5.91 Å². The van der Waals surface area contributed by atoms with Gasteiger partial charge in [0.1, 0.15) is 13.2 Å². The molecular formula is C20H29N3O3. The molecule has 0 saturated carbocycles. The summed E-state index contributed by atoms with van der Waals surface area (Å²) in [6.45, 7) is 8.18. The van der Waals surface area contributed by atoms with Gasteiger partial charge in [-0.05, 0) is 50.1 Å². The van der Waals surface area contributed by atoms with Gasteiger partial charge in [-0.3, -0.25) is 14.6 Å². The van der Waals surface area contributed by atoms with Gasteiger partial charge >= 0.3 is 0 Å². The molecule has 0 bridgehead atoms. The lowest BCUT2D eigenvalue weighted by Gasteiger charge is -2.49. The molecule has 0 aromatic heterocycles. The second-order valence-corrected chi connectivity index (χ2v) is 7.88. The Morgan fingerprint density at radius 1 is 1.15 bits per heavy atom. The van der Waals surface area contributed by atoms with Gasteiger partial charge in [-0.15, -0.1) is 0 Å². The second kappa shape index (κ2) is 7.08. The van der Waals surface area contributed by atoms with E-state index in [1.807, 2.05) is 0 Å². The molecule has 6 nitrogen and oxygen atoms in total. The normalized spacial score (nSPS) is 27.2. The average Bonchev–Trinajstić information content (AvgIpc) is 2.81. The number of benzene rings is 1.